The van der Waals surface area contributed by atoms with Gasteiger partial charge >= 0.3 is 5.97 Å². The van der Waals surface area contributed by atoms with Crippen LogP contribution in [0.4, 0.5) is 0 Å². The quantitative estimate of drug-likeness (QED) is 0.548. The standard InChI is InChI=1S/C14H21BrN2O2S/c1-10(2)17-14(3,13(18)19)7-5-9-20-12-11(15)6-4-8-16-12/h4,6,8,10,17H,5,7,9H2,1-3H3,(H,18,19). The molecule has 0 aliphatic heterocycles. The number of hydrogen-bond acceptors (Lipinski definition) is 4. The lowest BCUT2D eigenvalue weighted by Crippen LogP contribution is -2.52. The van der Waals surface area contributed by atoms with Gasteiger partial charge in [-0.15, -0.1) is 11.8 Å². The Morgan fingerprint density at radius 2 is 2.30 bits per heavy atom. The first-order chi connectivity index (χ1) is 9.35. The van der Waals surface area contributed by atoms with Crippen molar-refractivity contribution in [2.75, 3.05) is 5.75 Å². The van der Waals surface area contributed by atoms with Crippen LogP contribution in [0.2, 0.25) is 0 Å². The van der Waals surface area contributed by atoms with Gasteiger partial charge in [-0.1, -0.05) is 0 Å². The summed E-state index contributed by atoms with van der Waals surface area (Å²) in [5.41, 5.74) is -0.865. The second-order valence-corrected chi connectivity index (χ2v) is 7.12. The number of halogens is 1. The molecule has 0 radical (unpaired) electrons. The molecule has 0 bridgehead atoms. The number of carboxylic acid groups (broad SMARTS) is 1. The molecule has 0 spiro atoms. The van der Waals surface area contributed by atoms with E-state index in [0.29, 0.717) is 6.42 Å². The second-order valence-electron chi connectivity index (χ2n) is 5.18. The number of carbonyl (C=O) groups is 1. The zero-order chi connectivity index (χ0) is 15.2. The van der Waals surface area contributed by atoms with Crippen molar-refractivity contribution in [3.63, 3.8) is 0 Å². The number of pyridine rings is 1. The fourth-order valence-corrected chi connectivity index (χ4v) is 3.37. The molecule has 1 heterocycles. The Bertz CT molecular complexity index is 457. The summed E-state index contributed by atoms with van der Waals surface area (Å²) in [5.74, 6) is 0.0494. The minimum absolute atomic E-state index is 0.147. The summed E-state index contributed by atoms with van der Waals surface area (Å²) in [6.45, 7) is 5.67. The first-order valence-corrected chi connectivity index (χ1v) is 8.37. The van der Waals surface area contributed by atoms with Crippen LogP contribution in [0.15, 0.2) is 27.8 Å². The maximum Gasteiger partial charge on any atom is 0.323 e. The molecule has 0 aliphatic carbocycles. The monoisotopic (exact) mass is 360 g/mol. The van der Waals surface area contributed by atoms with Gasteiger partial charge in [0.15, 0.2) is 0 Å². The topological polar surface area (TPSA) is 62.2 Å². The van der Waals surface area contributed by atoms with Gasteiger partial charge in [-0.25, -0.2) is 4.98 Å². The number of thioether (sulfide) groups is 1. The lowest BCUT2D eigenvalue weighted by molar-refractivity contribution is -0.144. The van der Waals surface area contributed by atoms with Crippen LogP contribution in [-0.2, 0) is 4.79 Å². The predicted molar refractivity (Wildman–Crippen MR) is 86.2 cm³/mol. The third-order valence-electron chi connectivity index (χ3n) is 2.86. The molecule has 20 heavy (non-hydrogen) atoms. The van der Waals surface area contributed by atoms with E-state index in [1.165, 1.54) is 0 Å². The first-order valence-electron chi connectivity index (χ1n) is 6.59. The van der Waals surface area contributed by atoms with E-state index in [4.69, 9.17) is 0 Å². The average Bonchev–Trinajstić information content (AvgIpc) is 2.35. The Morgan fingerprint density at radius 1 is 1.60 bits per heavy atom. The highest BCUT2D eigenvalue weighted by atomic mass is 79.9. The smallest absolute Gasteiger partial charge is 0.323 e. The van der Waals surface area contributed by atoms with Gasteiger partial charge in [-0.2, -0.15) is 0 Å². The molecule has 112 valence electrons. The molecule has 1 unspecified atom stereocenters. The van der Waals surface area contributed by atoms with Crippen molar-refractivity contribution in [1.82, 2.24) is 10.3 Å². The van der Waals surface area contributed by atoms with E-state index in [1.807, 2.05) is 26.0 Å². The van der Waals surface area contributed by atoms with Crippen LogP contribution in [0.1, 0.15) is 33.6 Å². The number of nitrogens with zero attached hydrogens (tertiary/aromatic N) is 1. The van der Waals surface area contributed by atoms with Gasteiger partial charge in [-0.3, -0.25) is 10.1 Å². The van der Waals surface area contributed by atoms with Crippen LogP contribution in [0, 0.1) is 0 Å². The highest BCUT2D eigenvalue weighted by molar-refractivity contribution is 9.10. The SMILES string of the molecule is CC(C)NC(C)(CCCSc1ncccc1Br)C(=O)O. The lowest BCUT2D eigenvalue weighted by Gasteiger charge is -2.28. The van der Waals surface area contributed by atoms with Crippen LogP contribution in [-0.4, -0.2) is 33.4 Å². The van der Waals surface area contributed by atoms with Crippen LogP contribution in [0.5, 0.6) is 0 Å². The molecule has 2 N–H and O–H groups in total. The van der Waals surface area contributed by atoms with Crippen molar-refractivity contribution in [2.24, 2.45) is 0 Å². The summed E-state index contributed by atoms with van der Waals surface area (Å²) < 4.78 is 0.978. The normalized spacial score (nSPS) is 14.2. The van der Waals surface area contributed by atoms with Gasteiger partial charge in [0.25, 0.3) is 0 Å². The fourth-order valence-electron chi connectivity index (χ4n) is 1.95. The molecule has 0 aromatic carbocycles. The molecule has 0 amide bonds. The molecule has 1 rings (SSSR count). The zero-order valence-electron chi connectivity index (χ0n) is 12.0. The number of aromatic nitrogens is 1. The molecular formula is C14H21BrN2O2S. The van der Waals surface area contributed by atoms with Gasteiger partial charge < -0.3 is 5.11 Å². The lowest BCUT2D eigenvalue weighted by atomic mass is 9.95. The van der Waals surface area contributed by atoms with Crippen molar-refractivity contribution < 1.29 is 9.90 Å². The Hall–Kier alpha value is -0.590. The highest BCUT2D eigenvalue weighted by Gasteiger charge is 2.32. The van der Waals surface area contributed by atoms with Crippen molar-refractivity contribution in [1.29, 1.82) is 0 Å². The third-order valence-corrected chi connectivity index (χ3v) is 4.86. The minimum atomic E-state index is -0.865. The molecule has 1 aromatic rings. The number of aliphatic carboxylic acids is 1. The van der Waals surface area contributed by atoms with E-state index >= 15 is 0 Å². The van der Waals surface area contributed by atoms with Crippen molar-refractivity contribution in [2.45, 2.75) is 50.2 Å². The summed E-state index contributed by atoms with van der Waals surface area (Å²) in [5, 5.41) is 13.4. The van der Waals surface area contributed by atoms with Crippen molar-refractivity contribution in [3.05, 3.63) is 22.8 Å². The van der Waals surface area contributed by atoms with Crippen LogP contribution in [0.3, 0.4) is 0 Å². The zero-order valence-corrected chi connectivity index (χ0v) is 14.4. The maximum absolute atomic E-state index is 11.4. The van der Waals surface area contributed by atoms with E-state index in [0.717, 1.165) is 21.7 Å². The molecule has 6 heteroatoms. The van der Waals surface area contributed by atoms with Crippen molar-refractivity contribution >= 4 is 33.7 Å². The Morgan fingerprint density at radius 3 is 2.85 bits per heavy atom. The Labute approximate surface area is 132 Å². The second kappa shape index (κ2) is 8.00. The third kappa shape index (κ3) is 5.42. The molecule has 4 nitrogen and oxygen atoms in total. The Balaban J connectivity index is 2.46. The van der Waals surface area contributed by atoms with E-state index in [-0.39, 0.29) is 6.04 Å². The largest absolute Gasteiger partial charge is 0.480 e. The summed E-state index contributed by atoms with van der Waals surface area (Å²) in [6, 6.07) is 3.98. The molecule has 0 aliphatic rings. The van der Waals surface area contributed by atoms with E-state index in [2.05, 4.69) is 26.2 Å². The van der Waals surface area contributed by atoms with Crippen LogP contribution in [0.25, 0.3) is 0 Å². The van der Waals surface area contributed by atoms with Gasteiger partial charge in [0, 0.05) is 16.7 Å². The maximum atomic E-state index is 11.4. The number of nitrogens with one attached hydrogen (secondary N) is 1. The average molecular weight is 361 g/mol. The minimum Gasteiger partial charge on any atom is -0.480 e. The predicted octanol–water partition coefficient (Wildman–Crippen LogP) is 3.56. The number of carboxylic acids is 1. The molecular weight excluding hydrogens is 340 g/mol. The summed E-state index contributed by atoms with van der Waals surface area (Å²) in [6.07, 6.45) is 3.17. The van der Waals surface area contributed by atoms with E-state index < -0.39 is 11.5 Å². The first kappa shape index (κ1) is 17.5. The van der Waals surface area contributed by atoms with Gasteiger partial charge in [-0.05, 0) is 67.4 Å². The molecule has 0 saturated carbocycles. The van der Waals surface area contributed by atoms with E-state index in [9.17, 15) is 9.90 Å². The molecule has 1 aromatic heterocycles. The molecule has 0 fully saturated rings. The van der Waals surface area contributed by atoms with Crippen molar-refractivity contribution in [3.8, 4) is 0 Å². The van der Waals surface area contributed by atoms with Gasteiger partial charge in [0.1, 0.15) is 10.6 Å². The molecule has 1 atom stereocenters. The van der Waals surface area contributed by atoms with E-state index in [1.54, 1.807) is 24.9 Å². The van der Waals surface area contributed by atoms with Crippen LogP contribution < -0.4 is 5.32 Å². The fraction of sp³-hybridized carbons (Fsp3) is 0.571. The summed E-state index contributed by atoms with van der Waals surface area (Å²) >= 11 is 5.09. The van der Waals surface area contributed by atoms with Crippen LogP contribution >= 0.6 is 27.7 Å². The van der Waals surface area contributed by atoms with Gasteiger partial charge in [0.05, 0.1) is 0 Å². The number of hydrogen-bond donors (Lipinski definition) is 2. The Kier molecular flexibility index (Phi) is 6.99. The summed E-state index contributed by atoms with van der Waals surface area (Å²) in [7, 11) is 0. The summed E-state index contributed by atoms with van der Waals surface area (Å²) in [4.78, 5) is 15.7. The highest BCUT2D eigenvalue weighted by Crippen LogP contribution is 2.26. The molecule has 0 saturated heterocycles. The number of rotatable bonds is 8. The van der Waals surface area contributed by atoms with Gasteiger partial charge in [0.2, 0.25) is 0 Å².